The third kappa shape index (κ3) is 4.40. The molecule has 2 aromatic rings. The summed E-state index contributed by atoms with van der Waals surface area (Å²) in [5.74, 6) is 0.108. The van der Waals surface area contributed by atoms with E-state index < -0.39 is 10.0 Å². The van der Waals surface area contributed by atoms with Crippen molar-refractivity contribution in [1.29, 1.82) is 0 Å². The van der Waals surface area contributed by atoms with Gasteiger partial charge < -0.3 is 4.90 Å². The van der Waals surface area contributed by atoms with Crippen LogP contribution in [0.5, 0.6) is 0 Å². The average Bonchev–Trinajstić information content (AvgIpc) is 3.39. The molecule has 2 aliphatic rings. The molecule has 162 valence electrons. The molecular formula is C20H23Cl2N3O3S2. The summed E-state index contributed by atoms with van der Waals surface area (Å²) < 4.78 is 27.4. The fourth-order valence-electron chi connectivity index (χ4n) is 4.11. The first-order valence-electron chi connectivity index (χ1n) is 9.87. The number of nitrogens with zero attached hydrogens (tertiary/aromatic N) is 3. The Labute approximate surface area is 191 Å². The molecular weight excluding hydrogens is 465 g/mol. The zero-order valence-corrected chi connectivity index (χ0v) is 19.5. The number of carbonyl (C=O) groups is 1. The summed E-state index contributed by atoms with van der Waals surface area (Å²) in [6, 6.07) is 8.94. The van der Waals surface area contributed by atoms with E-state index >= 15 is 0 Å². The van der Waals surface area contributed by atoms with Crippen LogP contribution in [-0.4, -0.2) is 67.7 Å². The molecule has 0 bridgehead atoms. The lowest BCUT2D eigenvalue weighted by Crippen LogP contribution is -2.51. The van der Waals surface area contributed by atoms with Gasteiger partial charge >= 0.3 is 0 Å². The molecule has 0 aliphatic carbocycles. The standard InChI is InChI=1S/C20H23Cl2N3O3S2/c21-15-4-1-5-16(22)20(15)30(27,28)24-11-9-23(10-12-24)14-19(26)25-8-2-6-17(25)18-7-3-13-29-18/h1,3-5,7,13,17H,2,6,8-12,14H2. The Morgan fingerprint density at radius 2 is 1.73 bits per heavy atom. The van der Waals surface area contributed by atoms with Gasteiger partial charge in [0.2, 0.25) is 15.9 Å². The van der Waals surface area contributed by atoms with E-state index in [9.17, 15) is 13.2 Å². The van der Waals surface area contributed by atoms with Gasteiger partial charge in [0.05, 0.1) is 22.6 Å². The predicted molar refractivity (Wildman–Crippen MR) is 120 cm³/mol. The molecule has 0 N–H and O–H groups in total. The van der Waals surface area contributed by atoms with Crippen LogP contribution in [0, 0.1) is 0 Å². The monoisotopic (exact) mass is 487 g/mol. The maximum Gasteiger partial charge on any atom is 0.246 e. The first-order valence-corrected chi connectivity index (χ1v) is 12.9. The number of rotatable bonds is 5. The minimum Gasteiger partial charge on any atom is -0.334 e. The number of carbonyl (C=O) groups excluding carboxylic acids is 1. The molecule has 6 nitrogen and oxygen atoms in total. The molecule has 30 heavy (non-hydrogen) atoms. The van der Waals surface area contributed by atoms with Crippen LogP contribution >= 0.6 is 34.5 Å². The van der Waals surface area contributed by atoms with Gasteiger partial charge in [0.15, 0.2) is 0 Å². The lowest BCUT2D eigenvalue weighted by atomic mass is 10.2. The van der Waals surface area contributed by atoms with Gasteiger partial charge in [0.25, 0.3) is 0 Å². The second-order valence-electron chi connectivity index (χ2n) is 7.49. The summed E-state index contributed by atoms with van der Waals surface area (Å²) in [5.41, 5.74) is 0. The van der Waals surface area contributed by atoms with Gasteiger partial charge in [0, 0.05) is 37.6 Å². The molecule has 2 saturated heterocycles. The molecule has 1 atom stereocenters. The smallest absolute Gasteiger partial charge is 0.246 e. The maximum atomic E-state index is 13.0. The van der Waals surface area contributed by atoms with E-state index in [1.165, 1.54) is 21.3 Å². The average molecular weight is 488 g/mol. The number of piperazine rings is 1. The number of hydrogen-bond acceptors (Lipinski definition) is 5. The molecule has 2 fully saturated rings. The van der Waals surface area contributed by atoms with Gasteiger partial charge in [-0.25, -0.2) is 8.42 Å². The van der Waals surface area contributed by atoms with E-state index in [-0.39, 0.29) is 26.9 Å². The fourth-order valence-corrected chi connectivity index (χ4v) is 7.50. The molecule has 0 spiro atoms. The maximum absolute atomic E-state index is 13.0. The highest BCUT2D eigenvalue weighted by atomic mass is 35.5. The normalized spacial score (nSPS) is 21.3. The molecule has 0 radical (unpaired) electrons. The number of halogens is 2. The number of thiophene rings is 1. The Kier molecular flexibility index (Phi) is 6.72. The van der Waals surface area contributed by atoms with E-state index in [4.69, 9.17) is 23.2 Å². The SMILES string of the molecule is O=C(CN1CCN(S(=O)(=O)c2c(Cl)cccc2Cl)CC1)N1CCCC1c1cccs1. The topological polar surface area (TPSA) is 60.9 Å². The second-order valence-corrected chi connectivity index (χ2v) is 11.2. The van der Waals surface area contributed by atoms with Crippen molar-refractivity contribution < 1.29 is 13.2 Å². The number of likely N-dealkylation sites (tertiary alicyclic amines) is 1. The van der Waals surface area contributed by atoms with Crippen molar-refractivity contribution in [1.82, 2.24) is 14.1 Å². The van der Waals surface area contributed by atoms with Crippen molar-refractivity contribution in [3.05, 3.63) is 50.6 Å². The van der Waals surface area contributed by atoms with E-state index in [2.05, 4.69) is 6.07 Å². The van der Waals surface area contributed by atoms with Crippen LogP contribution in [-0.2, 0) is 14.8 Å². The highest BCUT2D eigenvalue weighted by molar-refractivity contribution is 7.89. The lowest BCUT2D eigenvalue weighted by Gasteiger charge is -2.35. The van der Waals surface area contributed by atoms with Crippen LogP contribution in [0.15, 0.2) is 40.6 Å². The molecule has 1 unspecified atom stereocenters. The van der Waals surface area contributed by atoms with Crippen LogP contribution in [0.3, 0.4) is 0 Å². The van der Waals surface area contributed by atoms with Gasteiger partial charge in [-0.05, 0) is 36.4 Å². The first kappa shape index (κ1) is 22.0. The number of hydrogen-bond donors (Lipinski definition) is 0. The van der Waals surface area contributed by atoms with Gasteiger partial charge in [-0.15, -0.1) is 11.3 Å². The highest BCUT2D eigenvalue weighted by Crippen LogP contribution is 2.35. The summed E-state index contributed by atoms with van der Waals surface area (Å²) in [6.45, 7) is 2.66. The van der Waals surface area contributed by atoms with Crippen molar-refractivity contribution >= 4 is 50.5 Å². The van der Waals surface area contributed by atoms with Crippen LogP contribution in [0.2, 0.25) is 10.0 Å². The Morgan fingerprint density at radius 3 is 2.37 bits per heavy atom. The summed E-state index contributed by atoms with van der Waals surface area (Å²) in [4.78, 5) is 18.1. The summed E-state index contributed by atoms with van der Waals surface area (Å²) in [6.07, 6.45) is 2.01. The van der Waals surface area contributed by atoms with E-state index in [0.717, 1.165) is 19.4 Å². The van der Waals surface area contributed by atoms with Crippen molar-refractivity contribution in [3.8, 4) is 0 Å². The largest absolute Gasteiger partial charge is 0.334 e. The van der Waals surface area contributed by atoms with E-state index in [1.807, 2.05) is 21.2 Å². The van der Waals surface area contributed by atoms with Crippen LogP contribution in [0.1, 0.15) is 23.8 Å². The fraction of sp³-hybridized carbons (Fsp3) is 0.450. The zero-order chi connectivity index (χ0) is 21.3. The Balaban J connectivity index is 1.37. The Hall–Kier alpha value is -1.16. The molecule has 0 saturated carbocycles. The number of benzene rings is 1. The Bertz CT molecular complexity index is 986. The van der Waals surface area contributed by atoms with Gasteiger partial charge in [-0.1, -0.05) is 35.3 Å². The minimum atomic E-state index is -3.78. The third-order valence-corrected chi connectivity index (χ3v) is 9.48. The molecule has 10 heteroatoms. The molecule has 1 aromatic carbocycles. The van der Waals surface area contributed by atoms with Crippen LogP contribution in [0.4, 0.5) is 0 Å². The minimum absolute atomic E-state index is 0.0475. The predicted octanol–water partition coefficient (Wildman–Crippen LogP) is 3.72. The highest BCUT2D eigenvalue weighted by Gasteiger charge is 2.34. The quantitative estimate of drug-likeness (QED) is 0.644. The molecule has 1 amide bonds. The van der Waals surface area contributed by atoms with E-state index in [1.54, 1.807) is 17.4 Å². The summed E-state index contributed by atoms with van der Waals surface area (Å²) in [5, 5.41) is 2.28. The van der Waals surface area contributed by atoms with Crippen LogP contribution in [0.25, 0.3) is 0 Å². The van der Waals surface area contributed by atoms with Crippen molar-refractivity contribution in [2.24, 2.45) is 0 Å². The van der Waals surface area contributed by atoms with Gasteiger partial charge in [-0.3, -0.25) is 9.69 Å². The van der Waals surface area contributed by atoms with Crippen molar-refractivity contribution in [2.75, 3.05) is 39.3 Å². The number of amides is 1. The van der Waals surface area contributed by atoms with E-state index in [0.29, 0.717) is 32.7 Å². The second kappa shape index (κ2) is 9.14. The summed E-state index contributed by atoms with van der Waals surface area (Å²) >= 11 is 13.9. The first-order chi connectivity index (χ1) is 14.4. The molecule has 2 aliphatic heterocycles. The summed E-state index contributed by atoms with van der Waals surface area (Å²) in [7, 11) is -3.78. The lowest BCUT2D eigenvalue weighted by molar-refractivity contribution is -0.133. The van der Waals surface area contributed by atoms with Gasteiger partial charge in [0.1, 0.15) is 4.90 Å². The third-order valence-electron chi connectivity index (χ3n) is 5.65. The Morgan fingerprint density at radius 1 is 1.03 bits per heavy atom. The number of sulfonamides is 1. The van der Waals surface area contributed by atoms with Crippen molar-refractivity contribution in [2.45, 2.75) is 23.8 Å². The van der Waals surface area contributed by atoms with Crippen LogP contribution < -0.4 is 0 Å². The zero-order valence-electron chi connectivity index (χ0n) is 16.3. The molecule has 4 rings (SSSR count). The van der Waals surface area contributed by atoms with Crippen molar-refractivity contribution in [3.63, 3.8) is 0 Å². The van der Waals surface area contributed by atoms with Gasteiger partial charge in [-0.2, -0.15) is 4.31 Å². The molecule has 3 heterocycles. The molecule has 1 aromatic heterocycles.